The van der Waals surface area contributed by atoms with Crippen molar-refractivity contribution in [1.82, 2.24) is 25.0 Å². The van der Waals surface area contributed by atoms with E-state index >= 15 is 0 Å². The Morgan fingerprint density at radius 2 is 2.23 bits per heavy atom. The van der Waals surface area contributed by atoms with Crippen LogP contribution in [0.3, 0.4) is 0 Å². The Kier molecular flexibility index (Phi) is 7.31. The van der Waals surface area contributed by atoms with Gasteiger partial charge >= 0.3 is 0 Å². The lowest BCUT2D eigenvalue weighted by Gasteiger charge is -2.32. The summed E-state index contributed by atoms with van der Waals surface area (Å²) in [5.41, 5.74) is 3.54. The molecule has 30 heavy (non-hydrogen) atoms. The Morgan fingerprint density at radius 3 is 2.93 bits per heavy atom. The van der Waals surface area contributed by atoms with Crippen LogP contribution in [0.25, 0.3) is 0 Å². The van der Waals surface area contributed by atoms with Crippen molar-refractivity contribution < 1.29 is 4.74 Å². The number of nitrogens with one attached hydrogen (secondary N) is 1. The Morgan fingerprint density at radius 1 is 1.43 bits per heavy atom. The van der Waals surface area contributed by atoms with Gasteiger partial charge in [0.2, 0.25) is 0 Å². The molecule has 0 spiro atoms. The molecule has 1 N–H and O–H groups in total. The summed E-state index contributed by atoms with van der Waals surface area (Å²) in [6.07, 6.45) is 4.21. The minimum atomic E-state index is 0.234. The summed E-state index contributed by atoms with van der Waals surface area (Å²) in [5.74, 6) is 2.25. The Labute approximate surface area is 179 Å². The van der Waals surface area contributed by atoms with Crippen LogP contribution in [0.15, 0.2) is 29.5 Å². The second-order valence-corrected chi connectivity index (χ2v) is 8.27. The molecule has 2 aromatic rings. The van der Waals surface area contributed by atoms with Crippen molar-refractivity contribution in [1.29, 1.82) is 0 Å². The summed E-state index contributed by atoms with van der Waals surface area (Å²) < 4.78 is 7.53. The number of aryl methyl sites for hydroxylation is 1. The zero-order valence-corrected chi connectivity index (χ0v) is 19.1. The maximum absolute atomic E-state index is 5.64. The minimum Gasteiger partial charge on any atom is -0.375 e. The number of pyridine rings is 1. The minimum absolute atomic E-state index is 0.234. The van der Waals surface area contributed by atoms with Crippen molar-refractivity contribution in [2.45, 2.75) is 45.9 Å². The predicted molar refractivity (Wildman–Crippen MR) is 121 cm³/mol. The van der Waals surface area contributed by atoms with E-state index in [9.17, 15) is 0 Å². The molecule has 3 heterocycles. The van der Waals surface area contributed by atoms with Crippen molar-refractivity contribution in [3.63, 3.8) is 0 Å². The third kappa shape index (κ3) is 5.50. The third-order valence-corrected chi connectivity index (χ3v) is 5.29. The number of hydrogen-bond acceptors (Lipinski definition) is 5. The van der Waals surface area contributed by atoms with Gasteiger partial charge in [-0.3, -0.25) is 9.67 Å². The van der Waals surface area contributed by atoms with Crippen molar-refractivity contribution in [2.75, 3.05) is 38.7 Å². The summed E-state index contributed by atoms with van der Waals surface area (Å²) >= 11 is 0. The van der Waals surface area contributed by atoms with Gasteiger partial charge in [-0.05, 0) is 30.5 Å². The summed E-state index contributed by atoms with van der Waals surface area (Å²) in [6, 6.07) is 4.20. The molecule has 2 aromatic heterocycles. The molecule has 0 radical (unpaired) electrons. The van der Waals surface area contributed by atoms with Gasteiger partial charge in [-0.1, -0.05) is 13.8 Å². The lowest BCUT2D eigenvalue weighted by molar-refractivity contribution is 0.0529. The Bertz CT molecular complexity index is 861. The van der Waals surface area contributed by atoms with E-state index < -0.39 is 0 Å². The molecule has 1 unspecified atom stereocenters. The van der Waals surface area contributed by atoms with Gasteiger partial charge < -0.3 is 19.9 Å². The highest BCUT2D eigenvalue weighted by Crippen LogP contribution is 2.19. The van der Waals surface area contributed by atoms with Crippen LogP contribution in [-0.4, -0.2) is 65.5 Å². The number of aromatic nitrogens is 3. The zero-order valence-electron chi connectivity index (χ0n) is 19.1. The maximum Gasteiger partial charge on any atom is 0.193 e. The molecule has 1 fully saturated rings. The van der Waals surface area contributed by atoms with E-state index in [1.807, 2.05) is 31.0 Å². The van der Waals surface area contributed by atoms with Gasteiger partial charge in [0.25, 0.3) is 0 Å². The lowest BCUT2D eigenvalue weighted by Crippen LogP contribution is -2.41. The maximum atomic E-state index is 5.64. The first kappa shape index (κ1) is 22.1. The molecule has 0 bridgehead atoms. The normalized spacial score (nSPS) is 17.5. The average molecular weight is 414 g/mol. The van der Waals surface area contributed by atoms with Crippen LogP contribution >= 0.6 is 0 Å². The average Bonchev–Trinajstić information content (AvgIpc) is 3.09. The first-order valence-corrected chi connectivity index (χ1v) is 10.6. The van der Waals surface area contributed by atoms with Crippen molar-refractivity contribution in [3.8, 4) is 0 Å². The van der Waals surface area contributed by atoms with Crippen molar-refractivity contribution >= 4 is 11.8 Å². The van der Waals surface area contributed by atoms with E-state index in [1.165, 1.54) is 11.1 Å². The number of guanidine groups is 1. The van der Waals surface area contributed by atoms with Crippen LogP contribution in [0, 0.1) is 0 Å². The molecule has 8 heteroatoms. The first-order chi connectivity index (χ1) is 14.4. The Balaban J connectivity index is 1.62. The van der Waals surface area contributed by atoms with Gasteiger partial charge in [-0.25, -0.2) is 4.98 Å². The SMILES string of the molecule is CN=C(NCc1ccnc(N2CCOC(C)C2)c1)N(C)Cc1cn(C)nc1C(C)C. The highest BCUT2D eigenvalue weighted by Gasteiger charge is 2.18. The number of rotatable bonds is 6. The first-order valence-electron chi connectivity index (χ1n) is 10.6. The molecule has 8 nitrogen and oxygen atoms in total. The van der Waals surface area contributed by atoms with Crippen molar-refractivity contribution in [2.24, 2.45) is 12.0 Å². The molecule has 0 saturated carbocycles. The van der Waals surface area contributed by atoms with Crippen LogP contribution in [0.4, 0.5) is 5.82 Å². The summed E-state index contributed by atoms with van der Waals surface area (Å²) in [6.45, 7) is 10.4. The number of anilines is 1. The van der Waals surface area contributed by atoms with E-state index in [-0.39, 0.29) is 6.10 Å². The predicted octanol–water partition coefficient (Wildman–Crippen LogP) is 2.37. The zero-order chi connectivity index (χ0) is 21.7. The number of hydrogen-bond donors (Lipinski definition) is 1. The fourth-order valence-electron chi connectivity index (χ4n) is 3.83. The summed E-state index contributed by atoms with van der Waals surface area (Å²) in [5, 5.41) is 8.09. The van der Waals surface area contributed by atoms with Crippen LogP contribution in [0.5, 0.6) is 0 Å². The van der Waals surface area contributed by atoms with Crippen LogP contribution in [0.2, 0.25) is 0 Å². The second-order valence-electron chi connectivity index (χ2n) is 8.27. The third-order valence-electron chi connectivity index (χ3n) is 5.29. The summed E-state index contributed by atoms with van der Waals surface area (Å²) in [4.78, 5) is 13.4. The number of nitrogens with zero attached hydrogens (tertiary/aromatic N) is 6. The quantitative estimate of drug-likeness (QED) is 0.579. The van der Waals surface area contributed by atoms with Gasteiger partial charge in [-0.15, -0.1) is 0 Å². The van der Waals surface area contributed by atoms with E-state index in [0.29, 0.717) is 12.5 Å². The van der Waals surface area contributed by atoms with Gasteiger partial charge in [0.1, 0.15) is 5.82 Å². The molecule has 0 aliphatic carbocycles. The Hall–Kier alpha value is -2.61. The number of morpholine rings is 1. The molecule has 3 rings (SSSR count). The van der Waals surface area contributed by atoms with E-state index in [2.05, 4.69) is 70.3 Å². The molecule has 1 aliphatic rings. The summed E-state index contributed by atoms with van der Waals surface area (Å²) in [7, 11) is 5.84. The highest BCUT2D eigenvalue weighted by molar-refractivity contribution is 5.79. The molecule has 164 valence electrons. The molecular formula is C22H35N7O. The molecule has 1 saturated heterocycles. The van der Waals surface area contributed by atoms with Crippen LogP contribution in [-0.2, 0) is 24.9 Å². The number of ether oxygens (including phenoxy) is 1. The van der Waals surface area contributed by atoms with Crippen molar-refractivity contribution in [3.05, 3.63) is 41.3 Å². The highest BCUT2D eigenvalue weighted by atomic mass is 16.5. The fourth-order valence-corrected chi connectivity index (χ4v) is 3.83. The standard InChI is InChI=1S/C22H35N7O/c1-16(2)21-19(15-28(6)26-21)14-27(5)22(23-4)25-12-18-7-8-24-20(11-18)29-9-10-30-17(3)13-29/h7-8,11,15-17H,9-10,12-14H2,1-6H3,(H,23,25). The van der Waals surface area contributed by atoms with E-state index in [0.717, 1.165) is 43.7 Å². The molecular weight excluding hydrogens is 378 g/mol. The smallest absolute Gasteiger partial charge is 0.193 e. The van der Waals surface area contributed by atoms with Gasteiger partial charge in [0.15, 0.2) is 5.96 Å². The number of aliphatic imine (C=N–C) groups is 1. The van der Waals surface area contributed by atoms with Gasteiger partial charge in [0, 0.05) is 65.3 Å². The van der Waals surface area contributed by atoms with E-state index in [1.54, 1.807) is 0 Å². The van der Waals surface area contributed by atoms with Gasteiger partial charge in [-0.2, -0.15) is 5.10 Å². The lowest BCUT2D eigenvalue weighted by atomic mass is 10.1. The van der Waals surface area contributed by atoms with Gasteiger partial charge in [0.05, 0.1) is 18.4 Å². The second kappa shape index (κ2) is 9.93. The van der Waals surface area contributed by atoms with Crippen LogP contribution < -0.4 is 10.2 Å². The molecule has 1 atom stereocenters. The largest absolute Gasteiger partial charge is 0.375 e. The van der Waals surface area contributed by atoms with Crippen LogP contribution in [0.1, 0.15) is 43.5 Å². The fraction of sp³-hybridized carbons (Fsp3) is 0.591. The topological polar surface area (TPSA) is 70.8 Å². The monoisotopic (exact) mass is 413 g/mol. The molecule has 1 aliphatic heterocycles. The molecule has 0 amide bonds. The van der Waals surface area contributed by atoms with E-state index in [4.69, 9.17) is 4.74 Å². The molecule has 0 aromatic carbocycles.